The third-order valence-electron chi connectivity index (χ3n) is 4.64. The number of thioether (sulfide) groups is 1. The number of fused-ring (bicyclic) bond motifs is 1. The van der Waals surface area contributed by atoms with Crippen LogP contribution in [0.1, 0.15) is 25.8 Å². The molecule has 2 aromatic rings. The fourth-order valence-corrected chi connectivity index (χ4v) is 3.97. The molecule has 1 aliphatic heterocycles. The molecule has 1 atom stereocenters. The fourth-order valence-electron chi connectivity index (χ4n) is 3.06. The summed E-state index contributed by atoms with van der Waals surface area (Å²) in [6, 6.07) is 15.2. The lowest BCUT2D eigenvalue weighted by atomic mass is 10.2. The van der Waals surface area contributed by atoms with Crippen LogP contribution in [-0.4, -0.2) is 35.9 Å². The molecular formula is C24H27N3O4S. The van der Waals surface area contributed by atoms with Crippen molar-refractivity contribution in [2.24, 2.45) is 4.99 Å². The average Bonchev–Trinajstić information content (AvgIpc) is 2.95. The Labute approximate surface area is 192 Å². The lowest BCUT2D eigenvalue weighted by Gasteiger charge is -2.13. The second-order valence-electron chi connectivity index (χ2n) is 7.07. The molecule has 8 heteroatoms. The van der Waals surface area contributed by atoms with Gasteiger partial charge in [0.1, 0.15) is 5.75 Å². The SMILES string of the molecule is CCOC(=O)CC1=CC(SC(C)C(=O)NCc2cccc(OC)c2)=Nc2ccccc2N1. The van der Waals surface area contributed by atoms with E-state index in [4.69, 9.17) is 14.5 Å². The first kappa shape index (κ1) is 23.4. The van der Waals surface area contributed by atoms with E-state index in [0.29, 0.717) is 23.9 Å². The van der Waals surface area contributed by atoms with Crippen LogP contribution in [0.3, 0.4) is 0 Å². The van der Waals surface area contributed by atoms with Crippen LogP contribution in [-0.2, 0) is 20.9 Å². The lowest BCUT2D eigenvalue weighted by Crippen LogP contribution is -2.31. The minimum absolute atomic E-state index is 0.0954. The van der Waals surface area contributed by atoms with Gasteiger partial charge in [-0.2, -0.15) is 0 Å². The number of aliphatic imine (C=N–C) groups is 1. The quantitative estimate of drug-likeness (QED) is 0.575. The van der Waals surface area contributed by atoms with Crippen molar-refractivity contribution in [3.05, 3.63) is 65.9 Å². The predicted molar refractivity (Wildman–Crippen MR) is 128 cm³/mol. The Bertz CT molecular complexity index is 1040. The van der Waals surface area contributed by atoms with Crippen LogP contribution in [0.5, 0.6) is 5.75 Å². The van der Waals surface area contributed by atoms with Gasteiger partial charge in [0.05, 0.1) is 41.8 Å². The summed E-state index contributed by atoms with van der Waals surface area (Å²) in [6.45, 7) is 4.33. The van der Waals surface area contributed by atoms with E-state index in [9.17, 15) is 9.59 Å². The van der Waals surface area contributed by atoms with E-state index in [1.165, 1.54) is 11.8 Å². The number of amides is 1. The van der Waals surface area contributed by atoms with Crippen LogP contribution in [0.15, 0.2) is 65.3 Å². The number of carbonyl (C=O) groups excluding carboxylic acids is 2. The molecule has 1 aliphatic rings. The van der Waals surface area contributed by atoms with Gasteiger partial charge in [0, 0.05) is 12.2 Å². The standard InChI is InChI=1S/C24H27N3O4S/c1-4-31-23(28)14-18-13-22(27-21-11-6-5-10-20(21)26-18)32-16(2)24(29)25-15-17-8-7-9-19(12-17)30-3/h5-13,16,26H,4,14-15H2,1-3H3,(H,25,29). The van der Waals surface area contributed by atoms with Gasteiger partial charge in [-0.15, -0.1) is 0 Å². The number of ether oxygens (including phenoxy) is 2. The third kappa shape index (κ3) is 6.62. The summed E-state index contributed by atoms with van der Waals surface area (Å²) in [6.07, 6.45) is 1.89. The van der Waals surface area contributed by atoms with Gasteiger partial charge >= 0.3 is 5.97 Å². The number of anilines is 1. The van der Waals surface area contributed by atoms with E-state index < -0.39 is 0 Å². The number of carbonyl (C=O) groups is 2. The van der Waals surface area contributed by atoms with Crippen molar-refractivity contribution in [2.45, 2.75) is 32.1 Å². The summed E-state index contributed by atoms with van der Waals surface area (Å²) in [4.78, 5) is 29.4. The monoisotopic (exact) mass is 453 g/mol. The van der Waals surface area contributed by atoms with Crippen molar-refractivity contribution in [2.75, 3.05) is 19.0 Å². The van der Waals surface area contributed by atoms with Crippen LogP contribution in [0.2, 0.25) is 0 Å². The van der Waals surface area contributed by atoms with E-state index in [0.717, 1.165) is 22.7 Å². The fraction of sp³-hybridized carbons (Fsp3) is 0.292. The number of nitrogens with one attached hydrogen (secondary N) is 2. The summed E-state index contributed by atoms with van der Waals surface area (Å²) in [5, 5.41) is 6.47. The van der Waals surface area contributed by atoms with Crippen molar-refractivity contribution >= 4 is 40.1 Å². The highest BCUT2D eigenvalue weighted by Gasteiger charge is 2.19. The molecule has 0 aliphatic carbocycles. The Morgan fingerprint density at radius 2 is 2.00 bits per heavy atom. The van der Waals surface area contributed by atoms with Gasteiger partial charge in [0.25, 0.3) is 0 Å². The highest BCUT2D eigenvalue weighted by Crippen LogP contribution is 2.32. The van der Waals surface area contributed by atoms with Crippen molar-refractivity contribution in [3.63, 3.8) is 0 Å². The van der Waals surface area contributed by atoms with Gasteiger partial charge in [-0.25, -0.2) is 4.99 Å². The molecule has 0 bridgehead atoms. The maximum atomic E-state index is 12.7. The molecular weight excluding hydrogens is 426 g/mol. The summed E-state index contributed by atoms with van der Waals surface area (Å²) >= 11 is 1.34. The predicted octanol–water partition coefficient (Wildman–Crippen LogP) is 4.43. The summed E-state index contributed by atoms with van der Waals surface area (Å²) < 4.78 is 10.3. The molecule has 0 saturated heterocycles. The number of methoxy groups -OCH3 is 1. The normalized spacial score (nSPS) is 13.5. The molecule has 2 aromatic carbocycles. The van der Waals surface area contributed by atoms with E-state index in [-0.39, 0.29) is 23.5 Å². The molecule has 3 rings (SSSR count). The highest BCUT2D eigenvalue weighted by molar-refractivity contribution is 8.15. The van der Waals surface area contributed by atoms with Crippen molar-refractivity contribution < 1.29 is 19.1 Å². The van der Waals surface area contributed by atoms with Crippen LogP contribution in [0, 0.1) is 0 Å². The second-order valence-corrected chi connectivity index (χ2v) is 8.43. The molecule has 7 nitrogen and oxygen atoms in total. The number of rotatable bonds is 8. The highest BCUT2D eigenvalue weighted by atomic mass is 32.2. The zero-order valence-corrected chi connectivity index (χ0v) is 19.2. The number of nitrogens with zero attached hydrogens (tertiary/aromatic N) is 1. The Balaban J connectivity index is 1.70. The van der Waals surface area contributed by atoms with E-state index >= 15 is 0 Å². The second kappa shape index (κ2) is 11.4. The van der Waals surface area contributed by atoms with Crippen LogP contribution < -0.4 is 15.4 Å². The van der Waals surface area contributed by atoms with Gasteiger partial charge in [0.2, 0.25) is 5.91 Å². The molecule has 1 unspecified atom stereocenters. The molecule has 0 fully saturated rings. The number of para-hydroxylation sites is 2. The van der Waals surface area contributed by atoms with Crippen LogP contribution in [0.4, 0.5) is 11.4 Å². The van der Waals surface area contributed by atoms with Crippen LogP contribution >= 0.6 is 11.8 Å². The molecule has 1 amide bonds. The first-order chi connectivity index (χ1) is 15.5. The van der Waals surface area contributed by atoms with E-state index in [1.54, 1.807) is 20.1 Å². The van der Waals surface area contributed by atoms with E-state index in [1.807, 2.05) is 55.5 Å². The Hall–Kier alpha value is -3.26. The average molecular weight is 454 g/mol. The molecule has 0 aromatic heterocycles. The van der Waals surface area contributed by atoms with Crippen molar-refractivity contribution in [1.82, 2.24) is 5.32 Å². The molecule has 168 valence electrons. The summed E-state index contributed by atoms with van der Waals surface area (Å²) in [7, 11) is 1.61. The number of benzene rings is 2. The Morgan fingerprint density at radius 3 is 2.78 bits per heavy atom. The molecule has 0 spiro atoms. The smallest absolute Gasteiger partial charge is 0.311 e. The van der Waals surface area contributed by atoms with Gasteiger partial charge < -0.3 is 20.1 Å². The molecule has 0 saturated carbocycles. The number of esters is 1. The third-order valence-corrected chi connectivity index (χ3v) is 5.65. The number of hydrogen-bond donors (Lipinski definition) is 2. The summed E-state index contributed by atoms with van der Waals surface area (Å²) in [5.41, 5.74) is 3.17. The molecule has 32 heavy (non-hydrogen) atoms. The van der Waals surface area contributed by atoms with Crippen molar-refractivity contribution in [3.8, 4) is 5.75 Å². The molecule has 0 radical (unpaired) electrons. The molecule has 2 N–H and O–H groups in total. The summed E-state index contributed by atoms with van der Waals surface area (Å²) in [5.74, 6) is 0.322. The topological polar surface area (TPSA) is 89.0 Å². The molecule has 1 heterocycles. The minimum atomic E-state index is -0.385. The Morgan fingerprint density at radius 1 is 1.19 bits per heavy atom. The van der Waals surface area contributed by atoms with Gasteiger partial charge in [-0.3, -0.25) is 9.59 Å². The first-order valence-electron chi connectivity index (χ1n) is 10.4. The van der Waals surface area contributed by atoms with E-state index in [2.05, 4.69) is 10.6 Å². The lowest BCUT2D eigenvalue weighted by molar-refractivity contribution is -0.142. The van der Waals surface area contributed by atoms with Gasteiger partial charge in [-0.1, -0.05) is 36.0 Å². The van der Waals surface area contributed by atoms with Gasteiger partial charge in [-0.05, 0) is 49.8 Å². The number of hydrogen-bond acceptors (Lipinski definition) is 7. The maximum absolute atomic E-state index is 12.7. The minimum Gasteiger partial charge on any atom is -0.497 e. The zero-order chi connectivity index (χ0) is 22.9. The Kier molecular flexibility index (Phi) is 8.33. The van der Waals surface area contributed by atoms with Crippen molar-refractivity contribution in [1.29, 1.82) is 0 Å². The largest absolute Gasteiger partial charge is 0.497 e. The van der Waals surface area contributed by atoms with Gasteiger partial charge in [0.15, 0.2) is 0 Å². The zero-order valence-electron chi connectivity index (χ0n) is 18.4. The van der Waals surface area contributed by atoms with Crippen LogP contribution in [0.25, 0.3) is 0 Å². The first-order valence-corrected chi connectivity index (χ1v) is 11.2. The maximum Gasteiger partial charge on any atom is 0.311 e.